The third-order valence-corrected chi connectivity index (χ3v) is 4.12. The molecule has 1 heterocycles. The minimum atomic E-state index is 0.196. The van der Waals surface area contributed by atoms with Gasteiger partial charge in [-0.1, -0.05) is 40.2 Å². The molecule has 1 aromatic heterocycles. The van der Waals surface area contributed by atoms with Crippen molar-refractivity contribution in [2.24, 2.45) is 0 Å². The van der Waals surface area contributed by atoms with Crippen LogP contribution in [0, 0.1) is 0 Å². The second-order valence-corrected chi connectivity index (χ2v) is 5.95. The summed E-state index contributed by atoms with van der Waals surface area (Å²) in [6.07, 6.45) is 3.77. The molecule has 106 valence electrons. The summed E-state index contributed by atoms with van der Waals surface area (Å²) in [7, 11) is 0. The Labute approximate surface area is 132 Å². The molecule has 0 aliphatic rings. The van der Waals surface area contributed by atoms with Crippen molar-refractivity contribution in [1.29, 1.82) is 0 Å². The van der Waals surface area contributed by atoms with Crippen molar-refractivity contribution in [2.75, 3.05) is 5.73 Å². The zero-order valence-corrected chi connectivity index (χ0v) is 13.3. The van der Waals surface area contributed by atoms with E-state index in [-0.39, 0.29) is 6.04 Å². The van der Waals surface area contributed by atoms with Crippen molar-refractivity contribution in [2.45, 2.75) is 13.0 Å². The lowest BCUT2D eigenvalue weighted by Crippen LogP contribution is -2.07. The molecular formula is C17H16BrN3. The maximum atomic E-state index is 5.76. The third kappa shape index (κ3) is 2.85. The maximum Gasteiger partial charge on any atom is 0.0956 e. The van der Waals surface area contributed by atoms with Gasteiger partial charge in [-0.3, -0.25) is 0 Å². The monoisotopic (exact) mass is 341 g/mol. The highest BCUT2D eigenvalue weighted by atomic mass is 79.9. The largest absolute Gasteiger partial charge is 0.399 e. The van der Waals surface area contributed by atoms with Crippen LogP contribution in [0.4, 0.5) is 5.69 Å². The summed E-state index contributed by atoms with van der Waals surface area (Å²) in [6, 6.07) is 16.4. The number of aromatic nitrogens is 2. The quantitative estimate of drug-likeness (QED) is 0.712. The van der Waals surface area contributed by atoms with E-state index in [9.17, 15) is 0 Å². The number of nitrogens with zero attached hydrogens (tertiary/aromatic N) is 2. The average Bonchev–Trinajstić information content (AvgIpc) is 2.97. The molecule has 0 aliphatic heterocycles. The molecule has 0 fully saturated rings. The molecule has 4 heteroatoms. The van der Waals surface area contributed by atoms with E-state index in [0.29, 0.717) is 0 Å². The Balaban J connectivity index is 2.00. The van der Waals surface area contributed by atoms with Gasteiger partial charge in [0, 0.05) is 15.7 Å². The molecule has 0 amide bonds. The van der Waals surface area contributed by atoms with Gasteiger partial charge in [-0.15, -0.1) is 0 Å². The molecule has 3 nitrogen and oxygen atoms in total. The lowest BCUT2D eigenvalue weighted by Gasteiger charge is -2.17. The maximum absolute atomic E-state index is 5.76. The molecule has 2 aromatic carbocycles. The number of hydrogen-bond donors (Lipinski definition) is 1. The number of nitrogen functional groups attached to an aromatic ring is 1. The number of anilines is 1. The lowest BCUT2D eigenvalue weighted by molar-refractivity contribution is 0.644. The number of rotatable bonds is 3. The van der Waals surface area contributed by atoms with Crippen molar-refractivity contribution in [3.63, 3.8) is 0 Å². The smallest absolute Gasteiger partial charge is 0.0956 e. The molecular weight excluding hydrogens is 326 g/mol. The second kappa shape index (κ2) is 5.74. The fraction of sp³-hybridized carbons (Fsp3) is 0.118. The molecule has 0 aliphatic carbocycles. The predicted molar refractivity (Wildman–Crippen MR) is 90.0 cm³/mol. The van der Waals surface area contributed by atoms with E-state index in [0.717, 1.165) is 21.4 Å². The van der Waals surface area contributed by atoms with Gasteiger partial charge in [0.1, 0.15) is 0 Å². The Morgan fingerprint density at radius 2 is 1.90 bits per heavy atom. The predicted octanol–water partition coefficient (Wildman–Crippen LogP) is 4.50. The van der Waals surface area contributed by atoms with Gasteiger partial charge in [0.15, 0.2) is 0 Å². The van der Waals surface area contributed by atoms with E-state index in [1.54, 1.807) is 0 Å². The van der Waals surface area contributed by atoms with Crippen molar-refractivity contribution in [3.05, 3.63) is 71.1 Å². The Hall–Kier alpha value is -2.07. The number of imidazole rings is 1. The van der Waals surface area contributed by atoms with Crippen LogP contribution in [0.1, 0.15) is 18.5 Å². The van der Waals surface area contributed by atoms with E-state index in [1.807, 2.05) is 36.8 Å². The summed E-state index contributed by atoms with van der Waals surface area (Å²) in [5.41, 5.74) is 9.99. The molecule has 0 spiro atoms. The summed E-state index contributed by atoms with van der Waals surface area (Å²) in [6.45, 7) is 2.16. The van der Waals surface area contributed by atoms with Crippen LogP contribution < -0.4 is 5.73 Å². The van der Waals surface area contributed by atoms with Gasteiger partial charge in [0.2, 0.25) is 0 Å². The van der Waals surface area contributed by atoms with Crippen LogP contribution in [0.2, 0.25) is 0 Å². The third-order valence-electron chi connectivity index (χ3n) is 3.62. The number of nitrogens with two attached hydrogens (primary N) is 1. The van der Waals surface area contributed by atoms with Crippen LogP contribution in [0.5, 0.6) is 0 Å². The molecule has 21 heavy (non-hydrogen) atoms. The Morgan fingerprint density at radius 3 is 2.62 bits per heavy atom. The molecule has 0 bridgehead atoms. The SMILES string of the molecule is CC(c1ccc(N)cc1)n1cncc1-c1cccc(Br)c1. The van der Waals surface area contributed by atoms with Gasteiger partial charge < -0.3 is 10.3 Å². The van der Waals surface area contributed by atoms with Crippen LogP contribution in [0.25, 0.3) is 11.3 Å². The average molecular weight is 342 g/mol. The highest BCUT2D eigenvalue weighted by molar-refractivity contribution is 9.10. The highest BCUT2D eigenvalue weighted by Crippen LogP contribution is 2.28. The number of benzene rings is 2. The van der Waals surface area contributed by atoms with Crippen molar-refractivity contribution in [3.8, 4) is 11.3 Å². The van der Waals surface area contributed by atoms with Crippen LogP contribution in [0.15, 0.2) is 65.5 Å². The Kier molecular flexibility index (Phi) is 3.80. The number of hydrogen-bond acceptors (Lipinski definition) is 2. The summed E-state index contributed by atoms with van der Waals surface area (Å²) in [4.78, 5) is 4.32. The number of halogens is 1. The molecule has 0 saturated carbocycles. The van der Waals surface area contributed by atoms with Gasteiger partial charge in [0.05, 0.1) is 24.3 Å². The summed E-state index contributed by atoms with van der Waals surface area (Å²) in [5.74, 6) is 0. The summed E-state index contributed by atoms with van der Waals surface area (Å²) in [5, 5.41) is 0. The highest BCUT2D eigenvalue weighted by Gasteiger charge is 2.13. The molecule has 3 rings (SSSR count). The second-order valence-electron chi connectivity index (χ2n) is 5.04. The van der Waals surface area contributed by atoms with E-state index in [1.165, 1.54) is 5.56 Å². The van der Waals surface area contributed by atoms with Gasteiger partial charge >= 0.3 is 0 Å². The van der Waals surface area contributed by atoms with Crippen molar-refractivity contribution in [1.82, 2.24) is 9.55 Å². The topological polar surface area (TPSA) is 43.8 Å². The van der Waals surface area contributed by atoms with Gasteiger partial charge in [-0.25, -0.2) is 4.98 Å². The van der Waals surface area contributed by atoms with Crippen molar-refractivity contribution < 1.29 is 0 Å². The van der Waals surface area contributed by atoms with Gasteiger partial charge in [-0.05, 0) is 36.8 Å². The van der Waals surface area contributed by atoms with E-state index >= 15 is 0 Å². The first-order valence-corrected chi connectivity index (χ1v) is 7.57. The first-order chi connectivity index (χ1) is 10.1. The fourth-order valence-electron chi connectivity index (χ4n) is 2.42. The van der Waals surface area contributed by atoms with E-state index < -0.39 is 0 Å². The zero-order valence-electron chi connectivity index (χ0n) is 11.7. The molecule has 1 unspecified atom stereocenters. The first-order valence-electron chi connectivity index (χ1n) is 6.78. The van der Waals surface area contributed by atoms with Crippen LogP contribution in [0.3, 0.4) is 0 Å². The Morgan fingerprint density at radius 1 is 1.14 bits per heavy atom. The van der Waals surface area contributed by atoms with Crippen LogP contribution in [-0.4, -0.2) is 9.55 Å². The zero-order chi connectivity index (χ0) is 14.8. The van der Waals surface area contributed by atoms with Crippen LogP contribution >= 0.6 is 15.9 Å². The minimum absolute atomic E-state index is 0.196. The molecule has 0 radical (unpaired) electrons. The van der Waals surface area contributed by atoms with Gasteiger partial charge in [0.25, 0.3) is 0 Å². The fourth-order valence-corrected chi connectivity index (χ4v) is 2.82. The lowest BCUT2D eigenvalue weighted by atomic mass is 10.1. The van der Waals surface area contributed by atoms with E-state index in [2.05, 4.69) is 56.7 Å². The molecule has 0 saturated heterocycles. The first kappa shape index (κ1) is 13.9. The summed E-state index contributed by atoms with van der Waals surface area (Å²) >= 11 is 3.52. The molecule has 2 N–H and O–H groups in total. The standard InChI is InChI=1S/C17H16BrN3/c1-12(13-5-7-16(19)8-6-13)21-11-20-10-17(21)14-3-2-4-15(18)9-14/h2-12H,19H2,1H3. The Bertz CT molecular complexity index is 747. The minimum Gasteiger partial charge on any atom is -0.399 e. The summed E-state index contributed by atoms with van der Waals surface area (Å²) < 4.78 is 3.24. The van der Waals surface area contributed by atoms with Crippen LogP contribution in [-0.2, 0) is 0 Å². The normalized spacial score (nSPS) is 12.3. The van der Waals surface area contributed by atoms with E-state index in [4.69, 9.17) is 5.73 Å². The molecule has 3 aromatic rings. The van der Waals surface area contributed by atoms with Gasteiger partial charge in [-0.2, -0.15) is 0 Å². The van der Waals surface area contributed by atoms with Crippen molar-refractivity contribution >= 4 is 21.6 Å². The molecule has 1 atom stereocenters.